The predicted molar refractivity (Wildman–Crippen MR) is 68.2 cm³/mol. The highest BCUT2D eigenvalue weighted by atomic mass is 32.2. The third-order valence-corrected chi connectivity index (χ3v) is 5.12. The minimum absolute atomic E-state index is 0.0182. The van der Waals surface area contributed by atoms with Crippen LogP contribution in [0.5, 0.6) is 0 Å². The van der Waals surface area contributed by atoms with Crippen LogP contribution in [0.2, 0.25) is 0 Å². The average Bonchev–Trinajstić information content (AvgIpc) is 2.24. The quantitative estimate of drug-likeness (QED) is 0.655. The molecule has 0 heterocycles. The number of hydrogen-bond acceptors (Lipinski definition) is 4. The number of methoxy groups -OCH3 is 1. The van der Waals surface area contributed by atoms with E-state index in [0.717, 1.165) is 12.8 Å². The Morgan fingerprint density at radius 2 is 2.06 bits per heavy atom. The average molecular weight is 264 g/mol. The molecule has 1 rings (SSSR count). The van der Waals surface area contributed by atoms with E-state index in [1.807, 2.05) is 13.8 Å². The molecule has 2 atom stereocenters. The van der Waals surface area contributed by atoms with Crippen molar-refractivity contribution in [2.45, 2.75) is 45.3 Å². The van der Waals surface area contributed by atoms with E-state index in [0.29, 0.717) is 13.0 Å². The highest BCUT2D eigenvalue weighted by Gasteiger charge is 2.49. The van der Waals surface area contributed by atoms with E-state index in [9.17, 15) is 8.42 Å². The highest BCUT2D eigenvalue weighted by Crippen LogP contribution is 2.42. The largest absolute Gasteiger partial charge is 0.381 e. The predicted octanol–water partition coefficient (Wildman–Crippen LogP) is 0.458. The summed E-state index contributed by atoms with van der Waals surface area (Å²) in [6, 6.07) is -0.0182. The van der Waals surface area contributed by atoms with Crippen molar-refractivity contribution in [1.29, 1.82) is 0 Å². The van der Waals surface area contributed by atoms with Crippen LogP contribution in [0.15, 0.2) is 0 Å². The number of sulfonamides is 1. The molecule has 0 amide bonds. The van der Waals surface area contributed by atoms with Gasteiger partial charge in [0.2, 0.25) is 10.0 Å². The van der Waals surface area contributed by atoms with Crippen molar-refractivity contribution in [3.63, 3.8) is 0 Å². The Labute approximate surface area is 104 Å². The van der Waals surface area contributed by atoms with Crippen LogP contribution in [0.4, 0.5) is 0 Å². The SMILES string of the molecule is COC1CC(NS(=O)(=O)CCCCN)C1(C)C. The monoisotopic (exact) mass is 264 g/mol. The van der Waals surface area contributed by atoms with Crippen LogP contribution in [0, 0.1) is 5.41 Å². The Hall–Kier alpha value is -0.170. The molecule has 1 saturated carbocycles. The number of nitrogens with one attached hydrogen (secondary N) is 1. The highest BCUT2D eigenvalue weighted by molar-refractivity contribution is 7.89. The van der Waals surface area contributed by atoms with E-state index < -0.39 is 10.0 Å². The second-order valence-corrected chi connectivity index (χ2v) is 7.14. The molecule has 1 aliphatic carbocycles. The van der Waals surface area contributed by atoms with Gasteiger partial charge in [-0.25, -0.2) is 13.1 Å². The Balaban J connectivity index is 2.45. The summed E-state index contributed by atoms with van der Waals surface area (Å²) in [4.78, 5) is 0. The summed E-state index contributed by atoms with van der Waals surface area (Å²) in [6.45, 7) is 4.59. The summed E-state index contributed by atoms with van der Waals surface area (Å²) in [5, 5.41) is 0. The molecule has 0 aliphatic heterocycles. The maximum Gasteiger partial charge on any atom is 0.211 e. The summed E-state index contributed by atoms with van der Waals surface area (Å²) in [5.41, 5.74) is 5.21. The zero-order chi connectivity index (χ0) is 13.1. The van der Waals surface area contributed by atoms with Gasteiger partial charge in [0, 0.05) is 18.6 Å². The molecule has 2 unspecified atom stereocenters. The molecule has 0 spiro atoms. The van der Waals surface area contributed by atoms with Crippen LogP contribution < -0.4 is 10.5 Å². The summed E-state index contributed by atoms with van der Waals surface area (Å²) in [7, 11) is -1.51. The van der Waals surface area contributed by atoms with Crippen LogP contribution in [0.3, 0.4) is 0 Å². The summed E-state index contributed by atoms with van der Waals surface area (Å²) < 4.78 is 31.6. The molecule has 102 valence electrons. The van der Waals surface area contributed by atoms with Gasteiger partial charge in [-0.2, -0.15) is 0 Å². The van der Waals surface area contributed by atoms with Gasteiger partial charge < -0.3 is 10.5 Å². The first-order valence-corrected chi connectivity index (χ1v) is 7.71. The molecule has 0 aromatic rings. The van der Waals surface area contributed by atoms with E-state index >= 15 is 0 Å². The lowest BCUT2D eigenvalue weighted by atomic mass is 9.65. The van der Waals surface area contributed by atoms with Gasteiger partial charge in [-0.15, -0.1) is 0 Å². The van der Waals surface area contributed by atoms with E-state index in [-0.39, 0.29) is 23.3 Å². The van der Waals surface area contributed by atoms with Crippen LogP contribution >= 0.6 is 0 Å². The molecule has 3 N–H and O–H groups in total. The van der Waals surface area contributed by atoms with Crippen molar-refractivity contribution in [2.24, 2.45) is 11.1 Å². The molecule has 1 fully saturated rings. The van der Waals surface area contributed by atoms with Gasteiger partial charge in [0.05, 0.1) is 11.9 Å². The van der Waals surface area contributed by atoms with E-state index in [2.05, 4.69) is 4.72 Å². The molecule has 6 heteroatoms. The van der Waals surface area contributed by atoms with Gasteiger partial charge in [-0.3, -0.25) is 0 Å². The molecule has 17 heavy (non-hydrogen) atoms. The van der Waals surface area contributed by atoms with Gasteiger partial charge >= 0.3 is 0 Å². The Bertz CT molecular complexity index is 341. The van der Waals surface area contributed by atoms with Crippen molar-refractivity contribution in [3.05, 3.63) is 0 Å². The summed E-state index contributed by atoms with van der Waals surface area (Å²) in [6.07, 6.45) is 2.25. The molecule has 1 aliphatic rings. The minimum atomic E-state index is -3.18. The Kier molecular flexibility index (Phi) is 4.95. The number of nitrogens with two attached hydrogens (primary N) is 1. The Morgan fingerprint density at radius 3 is 2.53 bits per heavy atom. The summed E-state index contributed by atoms with van der Waals surface area (Å²) >= 11 is 0. The fourth-order valence-electron chi connectivity index (χ4n) is 2.20. The lowest BCUT2D eigenvalue weighted by Crippen LogP contribution is -2.61. The lowest BCUT2D eigenvalue weighted by molar-refractivity contribution is -0.0908. The zero-order valence-corrected chi connectivity index (χ0v) is 11.7. The van der Waals surface area contributed by atoms with Crippen molar-refractivity contribution in [2.75, 3.05) is 19.4 Å². The van der Waals surface area contributed by atoms with E-state index in [4.69, 9.17) is 10.5 Å². The van der Waals surface area contributed by atoms with Crippen LogP contribution in [-0.2, 0) is 14.8 Å². The zero-order valence-electron chi connectivity index (χ0n) is 10.9. The van der Waals surface area contributed by atoms with Gasteiger partial charge in [0.25, 0.3) is 0 Å². The van der Waals surface area contributed by atoms with Gasteiger partial charge in [-0.05, 0) is 25.8 Å². The number of rotatable bonds is 7. The fraction of sp³-hybridized carbons (Fsp3) is 1.00. The molecular weight excluding hydrogens is 240 g/mol. The van der Waals surface area contributed by atoms with Crippen molar-refractivity contribution >= 4 is 10.0 Å². The second kappa shape index (κ2) is 5.65. The van der Waals surface area contributed by atoms with Gasteiger partial charge in [0.15, 0.2) is 0 Å². The van der Waals surface area contributed by atoms with Crippen molar-refractivity contribution < 1.29 is 13.2 Å². The maximum atomic E-state index is 11.8. The lowest BCUT2D eigenvalue weighted by Gasteiger charge is -2.51. The third-order valence-electron chi connectivity index (χ3n) is 3.65. The molecule has 0 radical (unpaired) electrons. The number of ether oxygens (including phenoxy) is 1. The Morgan fingerprint density at radius 1 is 1.41 bits per heavy atom. The van der Waals surface area contributed by atoms with E-state index in [1.54, 1.807) is 7.11 Å². The van der Waals surface area contributed by atoms with Gasteiger partial charge in [-0.1, -0.05) is 13.8 Å². The van der Waals surface area contributed by atoms with Crippen LogP contribution in [0.25, 0.3) is 0 Å². The third kappa shape index (κ3) is 3.64. The minimum Gasteiger partial charge on any atom is -0.381 e. The standard InChI is InChI=1S/C11H24N2O3S/c1-11(2)9(8-10(11)16-3)13-17(14,15)7-5-4-6-12/h9-10,13H,4-8,12H2,1-3H3. The van der Waals surface area contributed by atoms with Gasteiger partial charge in [0.1, 0.15) is 0 Å². The molecule has 0 bridgehead atoms. The molecule has 0 aromatic heterocycles. The number of hydrogen-bond donors (Lipinski definition) is 2. The first-order valence-electron chi connectivity index (χ1n) is 6.06. The van der Waals surface area contributed by atoms with Crippen molar-refractivity contribution in [3.8, 4) is 0 Å². The fourth-order valence-corrected chi connectivity index (χ4v) is 3.73. The smallest absolute Gasteiger partial charge is 0.211 e. The van der Waals surface area contributed by atoms with Crippen LogP contribution in [0.1, 0.15) is 33.1 Å². The van der Waals surface area contributed by atoms with Crippen LogP contribution in [-0.4, -0.2) is 40.0 Å². The van der Waals surface area contributed by atoms with Crippen molar-refractivity contribution in [1.82, 2.24) is 4.72 Å². The molecule has 0 saturated heterocycles. The molecule has 0 aromatic carbocycles. The second-order valence-electron chi connectivity index (χ2n) is 5.27. The normalized spacial score (nSPS) is 27.8. The molecule has 5 nitrogen and oxygen atoms in total. The first-order chi connectivity index (χ1) is 7.83. The topological polar surface area (TPSA) is 81.4 Å². The summed E-state index contributed by atoms with van der Waals surface area (Å²) in [5.74, 6) is 0.161. The van der Waals surface area contributed by atoms with E-state index in [1.165, 1.54) is 0 Å². The first kappa shape index (κ1) is 14.9. The number of unbranched alkanes of at least 4 members (excludes halogenated alkanes) is 1. The molecular formula is C11H24N2O3S. The maximum absolute atomic E-state index is 11.8.